The van der Waals surface area contributed by atoms with Crippen molar-refractivity contribution in [3.8, 4) is 11.5 Å². The summed E-state index contributed by atoms with van der Waals surface area (Å²) in [6.07, 6.45) is 0. The monoisotopic (exact) mass is 289 g/mol. The number of aryl methyl sites for hydroxylation is 1. The van der Waals surface area contributed by atoms with Crippen molar-refractivity contribution >= 4 is 0 Å². The highest BCUT2D eigenvalue weighted by atomic mass is 19.1. The van der Waals surface area contributed by atoms with Crippen molar-refractivity contribution in [2.24, 2.45) is 0 Å². The molecule has 1 atom stereocenters. The number of methoxy groups -OCH3 is 2. The smallest absolute Gasteiger partial charge is 0.131 e. The van der Waals surface area contributed by atoms with E-state index in [-0.39, 0.29) is 11.9 Å². The molecule has 112 valence electrons. The van der Waals surface area contributed by atoms with Crippen LogP contribution in [0.15, 0.2) is 36.4 Å². The molecule has 0 aliphatic heterocycles. The largest absolute Gasteiger partial charge is 0.497 e. The zero-order valence-electron chi connectivity index (χ0n) is 12.7. The van der Waals surface area contributed by atoms with Crippen LogP contribution in [0.4, 0.5) is 4.39 Å². The zero-order valence-corrected chi connectivity index (χ0v) is 12.7. The molecule has 0 heterocycles. The van der Waals surface area contributed by atoms with Crippen molar-refractivity contribution in [1.82, 2.24) is 5.32 Å². The fourth-order valence-electron chi connectivity index (χ4n) is 2.39. The first-order chi connectivity index (χ1) is 10.1. The second-order valence-corrected chi connectivity index (χ2v) is 4.85. The highest BCUT2D eigenvalue weighted by molar-refractivity contribution is 5.44. The van der Waals surface area contributed by atoms with Gasteiger partial charge in [-0.05, 0) is 37.2 Å². The van der Waals surface area contributed by atoms with E-state index in [9.17, 15) is 4.39 Å². The minimum Gasteiger partial charge on any atom is -0.497 e. The lowest BCUT2D eigenvalue weighted by Crippen LogP contribution is -2.19. The van der Waals surface area contributed by atoms with Crippen LogP contribution in [0.1, 0.15) is 22.7 Å². The molecule has 0 spiro atoms. The van der Waals surface area contributed by atoms with Gasteiger partial charge in [-0.1, -0.05) is 18.2 Å². The molecular formula is C17H20FNO2. The highest BCUT2D eigenvalue weighted by Gasteiger charge is 2.18. The Morgan fingerprint density at radius 1 is 1.05 bits per heavy atom. The molecule has 0 saturated heterocycles. The summed E-state index contributed by atoms with van der Waals surface area (Å²) in [5.74, 6) is 1.16. The lowest BCUT2D eigenvalue weighted by Gasteiger charge is -2.20. The minimum absolute atomic E-state index is 0.196. The molecule has 2 aromatic carbocycles. The summed E-state index contributed by atoms with van der Waals surface area (Å²) < 4.78 is 24.9. The van der Waals surface area contributed by atoms with Crippen LogP contribution in [0, 0.1) is 12.7 Å². The van der Waals surface area contributed by atoms with Gasteiger partial charge in [-0.15, -0.1) is 0 Å². The van der Waals surface area contributed by atoms with Crippen LogP contribution in [0.3, 0.4) is 0 Å². The van der Waals surface area contributed by atoms with Crippen molar-refractivity contribution < 1.29 is 13.9 Å². The van der Waals surface area contributed by atoms with Crippen LogP contribution in [0.25, 0.3) is 0 Å². The first-order valence-corrected chi connectivity index (χ1v) is 6.76. The summed E-state index contributed by atoms with van der Waals surface area (Å²) in [5.41, 5.74) is 2.12. The molecule has 0 bridgehead atoms. The Bertz CT molecular complexity index is 606. The number of hydrogen-bond acceptors (Lipinski definition) is 3. The summed E-state index contributed by atoms with van der Waals surface area (Å²) in [7, 11) is 5.00. The Morgan fingerprint density at radius 2 is 1.67 bits per heavy atom. The maximum Gasteiger partial charge on any atom is 0.131 e. The van der Waals surface area contributed by atoms with Crippen LogP contribution in [-0.4, -0.2) is 21.3 Å². The van der Waals surface area contributed by atoms with E-state index >= 15 is 0 Å². The predicted molar refractivity (Wildman–Crippen MR) is 81.6 cm³/mol. The molecule has 2 aromatic rings. The summed E-state index contributed by atoms with van der Waals surface area (Å²) >= 11 is 0. The van der Waals surface area contributed by atoms with Gasteiger partial charge in [-0.2, -0.15) is 0 Å². The van der Waals surface area contributed by atoms with Crippen molar-refractivity contribution in [3.05, 3.63) is 58.9 Å². The number of benzene rings is 2. The predicted octanol–water partition coefficient (Wildman–Crippen LogP) is 3.46. The third-order valence-corrected chi connectivity index (χ3v) is 3.53. The lowest BCUT2D eigenvalue weighted by atomic mass is 9.96. The van der Waals surface area contributed by atoms with Crippen LogP contribution in [0.5, 0.6) is 11.5 Å². The molecule has 2 rings (SSSR count). The topological polar surface area (TPSA) is 30.5 Å². The summed E-state index contributed by atoms with van der Waals surface area (Å²) in [4.78, 5) is 0. The Hall–Kier alpha value is -2.07. The average Bonchev–Trinajstić information content (AvgIpc) is 2.51. The van der Waals surface area contributed by atoms with E-state index in [2.05, 4.69) is 5.32 Å². The summed E-state index contributed by atoms with van der Waals surface area (Å²) in [6, 6.07) is 10.7. The van der Waals surface area contributed by atoms with Crippen LogP contribution in [0.2, 0.25) is 0 Å². The van der Waals surface area contributed by atoms with Gasteiger partial charge in [0.2, 0.25) is 0 Å². The molecule has 0 aliphatic rings. The SMILES string of the molecule is CNC(c1cc(OC)cc(OC)c1)c1cccc(C)c1F. The molecule has 0 aliphatic carbocycles. The van der Waals surface area contributed by atoms with Crippen molar-refractivity contribution in [2.75, 3.05) is 21.3 Å². The van der Waals surface area contributed by atoms with E-state index in [4.69, 9.17) is 9.47 Å². The third-order valence-electron chi connectivity index (χ3n) is 3.53. The van der Waals surface area contributed by atoms with E-state index in [1.54, 1.807) is 46.4 Å². The molecule has 1 N–H and O–H groups in total. The number of nitrogens with one attached hydrogen (secondary N) is 1. The first kappa shape index (κ1) is 15.3. The molecule has 4 heteroatoms. The fourth-order valence-corrected chi connectivity index (χ4v) is 2.39. The van der Waals surface area contributed by atoms with E-state index in [1.807, 2.05) is 18.2 Å². The van der Waals surface area contributed by atoms with Gasteiger partial charge in [0.05, 0.1) is 20.3 Å². The Morgan fingerprint density at radius 3 is 2.19 bits per heavy atom. The average molecular weight is 289 g/mol. The standard InChI is InChI=1S/C17H20FNO2/c1-11-6-5-7-15(16(11)18)17(19-2)12-8-13(20-3)10-14(9-12)21-4/h5-10,17,19H,1-4H3. The van der Waals surface area contributed by atoms with Crippen LogP contribution >= 0.6 is 0 Å². The molecule has 0 saturated carbocycles. The second kappa shape index (κ2) is 6.59. The maximum absolute atomic E-state index is 14.4. The van der Waals surface area contributed by atoms with Gasteiger partial charge in [0.15, 0.2) is 0 Å². The Labute approximate surface area is 124 Å². The summed E-state index contributed by atoms with van der Waals surface area (Å²) in [6.45, 7) is 1.76. The normalized spacial score (nSPS) is 12.0. The highest BCUT2D eigenvalue weighted by Crippen LogP contribution is 2.31. The van der Waals surface area contributed by atoms with Crippen molar-refractivity contribution in [1.29, 1.82) is 0 Å². The number of halogens is 1. The van der Waals surface area contributed by atoms with Gasteiger partial charge in [0.1, 0.15) is 17.3 Å². The third kappa shape index (κ3) is 3.16. The number of rotatable bonds is 5. The minimum atomic E-state index is -0.270. The van der Waals surface area contributed by atoms with Gasteiger partial charge in [0, 0.05) is 11.6 Å². The van der Waals surface area contributed by atoms with Crippen molar-refractivity contribution in [3.63, 3.8) is 0 Å². The van der Waals surface area contributed by atoms with Gasteiger partial charge >= 0.3 is 0 Å². The molecule has 21 heavy (non-hydrogen) atoms. The Balaban J connectivity index is 2.53. The summed E-state index contributed by atoms with van der Waals surface area (Å²) in [5, 5.41) is 3.15. The molecule has 1 unspecified atom stereocenters. The molecule has 0 aromatic heterocycles. The lowest BCUT2D eigenvalue weighted by molar-refractivity contribution is 0.392. The van der Waals surface area contributed by atoms with Gasteiger partial charge in [0.25, 0.3) is 0 Å². The zero-order chi connectivity index (χ0) is 15.4. The second-order valence-electron chi connectivity index (χ2n) is 4.85. The molecule has 3 nitrogen and oxygen atoms in total. The first-order valence-electron chi connectivity index (χ1n) is 6.76. The fraction of sp³-hybridized carbons (Fsp3) is 0.294. The number of ether oxygens (including phenoxy) is 2. The van der Waals surface area contributed by atoms with Crippen LogP contribution in [-0.2, 0) is 0 Å². The van der Waals surface area contributed by atoms with Gasteiger partial charge in [-0.25, -0.2) is 4.39 Å². The molecule has 0 radical (unpaired) electrons. The van der Waals surface area contributed by atoms with E-state index in [1.165, 1.54) is 0 Å². The Kier molecular flexibility index (Phi) is 4.81. The number of hydrogen-bond donors (Lipinski definition) is 1. The van der Waals surface area contributed by atoms with E-state index in [0.717, 1.165) is 5.56 Å². The molecule has 0 amide bonds. The van der Waals surface area contributed by atoms with Gasteiger partial charge < -0.3 is 14.8 Å². The molecular weight excluding hydrogens is 269 g/mol. The van der Waals surface area contributed by atoms with E-state index in [0.29, 0.717) is 22.6 Å². The van der Waals surface area contributed by atoms with Crippen molar-refractivity contribution in [2.45, 2.75) is 13.0 Å². The quantitative estimate of drug-likeness (QED) is 0.914. The maximum atomic E-state index is 14.4. The molecule has 0 fully saturated rings. The van der Waals surface area contributed by atoms with Crippen LogP contribution < -0.4 is 14.8 Å². The van der Waals surface area contributed by atoms with Gasteiger partial charge in [-0.3, -0.25) is 0 Å². The van der Waals surface area contributed by atoms with E-state index < -0.39 is 0 Å².